The van der Waals surface area contributed by atoms with Gasteiger partial charge in [-0.1, -0.05) is 68.5 Å². The van der Waals surface area contributed by atoms with Crippen LogP contribution in [-0.4, -0.2) is 153 Å². The molecule has 1 saturated carbocycles. The fourth-order valence-corrected chi connectivity index (χ4v) is 7.95. The van der Waals surface area contributed by atoms with Crippen LogP contribution in [0.25, 0.3) is 10.8 Å². The second-order valence-electron chi connectivity index (χ2n) is 15.2. The monoisotopic (exact) mass is 793 g/mol. The van der Waals surface area contributed by atoms with E-state index in [1.165, 1.54) is 6.92 Å². The summed E-state index contributed by atoms with van der Waals surface area (Å²) in [5.74, 6) is -1.16. The molecular weight excluding hydrogens is 738 g/mol. The summed E-state index contributed by atoms with van der Waals surface area (Å²) in [5.41, 5.74) is 0.768. The van der Waals surface area contributed by atoms with Crippen molar-refractivity contribution in [2.24, 2.45) is 5.92 Å². The largest absolute Gasteiger partial charge is 0.479 e. The van der Waals surface area contributed by atoms with Crippen molar-refractivity contribution in [3.8, 4) is 0 Å². The van der Waals surface area contributed by atoms with Crippen molar-refractivity contribution >= 4 is 22.8 Å². The molecule has 2 aromatic rings. The van der Waals surface area contributed by atoms with Crippen LogP contribution in [-0.2, 0) is 44.6 Å². The van der Waals surface area contributed by atoms with Crippen molar-refractivity contribution in [1.82, 2.24) is 5.32 Å². The van der Waals surface area contributed by atoms with Gasteiger partial charge < -0.3 is 74.2 Å². The average molecular weight is 794 g/mol. The fraction of sp³-hybridized carbons (Fsp3) is 0.692. The average Bonchev–Trinajstić information content (AvgIpc) is 3.20. The van der Waals surface area contributed by atoms with Gasteiger partial charge in [-0.05, 0) is 48.1 Å². The molecule has 3 saturated heterocycles. The maximum Gasteiger partial charge on any atom is 0.407 e. The Morgan fingerprint density at radius 1 is 0.821 bits per heavy atom. The van der Waals surface area contributed by atoms with Crippen LogP contribution < -0.4 is 5.32 Å². The highest BCUT2D eigenvalue weighted by Gasteiger charge is 2.51. The minimum atomic E-state index is -1.74. The summed E-state index contributed by atoms with van der Waals surface area (Å²) in [6, 6.07) is 13.5. The molecule has 1 amide bonds. The molecule has 17 heteroatoms. The van der Waals surface area contributed by atoms with Gasteiger partial charge >= 0.3 is 12.1 Å². The minimum absolute atomic E-state index is 0.0184. The number of amides is 1. The van der Waals surface area contributed by atoms with Crippen molar-refractivity contribution < 1.29 is 78.5 Å². The molecule has 4 fully saturated rings. The predicted octanol–water partition coefficient (Wildman–Crippen LogP) is 0.701. The van der Waals surface area contributed by atoms with E-state index < -0.39 is 104 Å². The standard InChI is InChI=1S/C39H55NO16/c1-20-29(42)31(44)32(45)37(52-20)56-34-25(13-14-50-27(34)17-40-39(49)51-19-22-11-12-23-9-5-6-10-24(23)15-22)54-38-33(46)35(30(43)28(18-41)55-38)53-26(36(47)48)16-21-7-3-2-4-8-21/h5-6,9-12,15,20-21,25-35,37-38,41-46H,2-4,7-8,13-14,16-19H2,1H3,(H,40,49)(H,47,48). The Kier molecular flexibility index (Phi) is 14.9. The number of hydrogen-bond donors (Lipinski definition) is 8. The van der Waals surface area contributed by atoms with Gasteiger partial charge in [0.15, 0.2) is 18.7 Å². The molecule has 0 radical (unpaired) electrons. The lowest BCUT2D eigenvalue weighted by molar-refractivity contribution is -0.355. The number of alkyl carbamates (subject to hydrolysis) is 1. The maximum atomic E-state index is 12.9. The number of aliphatic hydroxyl groups is 6. The van der Waals surface area contributed by atoms with Gasteiger partial charge in [0.2, 0.25) is 0 Å². The molecule has 6 rings (SSSR count). The molecule has 3 heterocycles. The summed E-state index contributed by atoms with van der Waals surface area (Å²) in [6.45, 7) is 0.624. The van der Waals surface area contributed by atoms with Crippen LogP contribution in [0.15, 0.2) is 42.5 Å². The van der Waals surface area contributed by atoms with Crippen molar-refractivity contribution in [3.05, 3.63) is 48.0 Å². The van der Waals surface area contributed by atoms with E-state index in [-0.39, 0.29) is 38.5 Å². The molecule has 8 N–H and O–H groups in total. The lowest BCUT2D eigenvalue weighted by Gasteiger charge is -2.47. The number of aliphatic hydroxyl groups excluding tert-OH is 6. The van der Waals surface area contributed by atoms with Crippen LogP contribution in [0.5, 0.6) is 0 Å². The van der Waals surface area contributed by atoms with Gasteiger partial charge in [-0.2, -0.15) is 0 Å². The fourth-order valence-electron chi connectivity index (χ4n) is 7.95. The molecule has 1 aliphatic carbocycles. The first-order valence-electron chi connectivity index (χ1n) is 19.4. The Balaban J connectivity index is 1.16. The third-order valence-electron chi connectivity index (χ3n) is 11.2. The number of carboxylic acids is 1. The minimum Gasteiger partial charge on any atom is -0.479 e. The highest BCUT2D eigenvalue weighted by molar-refractivity contribution is 5.83. The van der Waals surface area contributed by atoms with Crippen molar-refractivity contribution in [1.29, 1.82) is 0 Å². The van der Waals surface area contributed by atoms with Gasteiger partial charge in [0.1, 0.15) is 61.5 Å². The number of aliphatic carboxylic acids is 1. The summed E-state index contributed by atoms with van der Waals surface area (Å²) in [6.07, 6.45) is -15.3. The first-order chi connectivity index (χ1) is 26.9. The van der Waals surface area contributed by atoms with Crippen LogP contribution in [0.3, 0.4) is 0 Å². The summed E-state index contributed by atoms with van der Waals surface area (Å²) >= 11 is 0. The van der Waals surface area contributed by atoms with Crippen molar-refractivity contribution in [2.45, 2.75) is 144 Å². The number of hydrogen-bond acceptors (Lipinski definition) is 15. The van der Waals surface area contributed by atoms with Crippen molar-refractivity contribution in [2.75, 3.05) is 19.8 Å². The molecule has 14 unspecified atom stereocenters. The molecule has 3 aliphatic heterocycles. The van der Waals surface area contributed by atoms with Gasteiger partial charge in [-0.15, -0.1) is 0 Å². The second-order valence-corrected chi connectivity index (χ2v) is 15.2. The zero-order chi connectivity index (χ0) is 39.9. The predicted molar refractivity (Wildman–Crippen MR) is 194 cm³/mol. The van der Waals surface area contributed by atoms with Crippen LogP contribution in [0, 0.1) is 5.92 Å². The van der Waals surface area contributed by atoms with E-state index in [2.05, 4.69) is 5.32 Å². The summed E-state index contributed by atoms with van der Waals surface area (Å²) < 4.78 is 41.3. The van der Waals surface area contributed by atoms with Crippen LogP contribution in [0.4, 0.5) is 4.79 Å². The van der Waals surface area contributed by atoms with E-state index in [4.69, 9.17) is 33.2 Å². The Morgan fingerprint density at radius 2 is 1.55 bits per heavy atom. The SMILES string of the molecule is CC1OC(OC2C(CNC(=O)OCc3ccc4ccccc4c3)OCCC2OC2OC(CO)C(O)C(OC(CC3CCCCC3)C(=O)O)C2O)C(O)C(O)C1O. The van der Waals surface area contributed by atoms with Gasteiger partial charge in [-0.25, -0.2) is 9.59 Å². The first kappa shape index (κ1) is 42.6. The zero-order valence-electron chi connectivity index (χ0n) is 31.3. The van der Waals surface area contributed by atoms with Gasteiger partial charge in [0.25, 0.3) is 0 Å². The number of benzene rings is 2. The van der Waals surface area contributed by atoms with Gasteiger partial charge in [-0.3, -0.25) is 0 Å². The lowest BCUT2D eigenvalue weighted by Crippen LogP contribution is -2.64. The van der Waals surface area contributed by atoms with Crippen LogP contribution in [0.1, 0.15) is 57.4 Å². The maximum absolute atomic E-state index is 12.9. The third-order valence-corrected chi connectivity index (χ3v) is 11.2. The molecule has 0 bridgehead atoms. The first-order valence-corrected chi connectivity index (χ1v) is 19.4. The molecule has 2 aromatic carbocycles. The number of rotatable bonds is 14. The summed E-state index contributed by atoms with van der Waals surface area (Å²) in [4.78, 5) is 25.2. The van der Waals surface area contributed by atoms with Gasteiger partial charge in [0.05, 0.1) is 18.8 Å². The quantitative estimate of drug-likeness (QED) is 0.131. The lowest BCUT2D eigenvalue weighted by atomic mass is 9.85. The Bertz CT molecular complexity index is 1580. The highest BCUT2D eigenvalue weighted by atomic mass is 16.7. The molecule has 4 aliphatic rings. The van der Waals surface area contributed by atoms with Crippen molar-refractivity contribution in [3.63, 3.8) is 0 Å². The molecular formula is C39H55NO16. The van der Waals surface area contributed by atoms with E-state index in [1.54, 1.807) is 0 Å². The zero-order valence-corrected chi connectivity index (χ0v) is 31.3. The third kappa shape index (κ3) is 10.3. The molecule has 0 aromatic heterocycles. The molecule has 17 nitrogen and oxygen atoms in total. The number of fused-ring (bicyclic) bond motifs is 1. The molecule has 14 atom stereocenters. The van der Waals surface area contributed by atoms with E-state index >= 15 is 0 Å². The van der Waals surface area contributed by atoms with Crippen LogP contribution >= 0.6 is 0 Å². The number of carboxylic acid groups (broad SMARTS) is 1. The summed E-state index contributed by atoms with van der Waals surface area (Å²) in [7, 11) is 0. The molecule has 0 spiro atoms. The number of carbonyl (C=O) groups excluding carboxylic acids is 1. The summed E-state index contributed by atoms with van der Waals surface area (Å²) in [5, 5.41) is 79.0. The van der Waals surface area contributed by atoms with E-state index in [9.17, 15) is 45.3 Å². The normalized spacial score (nSPS) is 36.2. The topological polar surface area (TPSA) is 252 Å². The smallest absolute Gasteiger partial charge is 0.407 e. The van der Waals surface area contributed by atoms with E-state index in [0.717, 1.165) is 48.4 Å². The van der Waals surface area contributed by atoms with E-state index in [0.29, 0.717) is 0 Å². The Morgan fingerprint density at radius 3 is 2.29 bits per heavy atom. The van der Waals surface area contributed by atoms with Crippen LogP contribution in [0.2, 0.25) is 0 Å². The van der Waals surface area contributed by atoms with Gasteiger partial charge in [0, 0.05) is 13.2 Å². The molecule has 312 valence electrons. The highest BCUT2D eigenvalue weighted by Crippen LogP contribution is 2.34. The number of ether oxygens (including phenoxy) is 7. The number of nitrogens with one attached hydrogen (secondary N) is 1. The number of carbonyl (C=O) groups is 2. The Labute approximate surface area is 324 Å². The second kappa shape index (κ2) is 19.6. The Hall–Kier alpha value is -3.04. The van der Waals surface area contributed by atoms with E-state index in [1.807, 2.05) is 42.5 Å². The molecule has 56 heavy (non-hydrogen) atoms.